The molecular formula is C11H9ClF3N. The molecule has 2 N–H and O–H groups in total. The van der Waals surface area contributed by atoms with E-state index in [0.29, 0.717) is 12.3 Å². The fourth-order valence-corrected chi connectivity index (χ4v) is 1.19. The van der Waals surface area contributed by atoms with Gasteiger partial charge in [-0.25, -0.2) is 0 Å². The van der Waals surface area contributed by atoms with Crippen LogP contribution in [-0.2, 0) is 6.18 Å². The fourth-order valence-electron chi connectivity index (χ4n) is 1.09. The minimum absolute atomic E-state index is 0.284. The van der Waals surface area contributed by atoms with Crippen molar-refractivity contribution in [2.24, 2.45) is 0 Å². The molecule has 1 rings (SSSR count). The zero-order valence-electron chi connectivity index (χ0n) is 8.24. The highest BCUT2D eigenvalue weighted by atomic mass is 35.5. The second-order valence-electron chi connectivity index (χ2n) is 3.04. The van der Waals surface area contributed by atoms with E-state index < -0.39 is 11.7 Å². The van der Waals surface area contributed by atoms with Gasteiger partial charge < -0.3 is 5.73 Å². The van der Waals surface area contributed by atoms with E-state index in [9.17, 15) is 13.2 Å². The first-order valence-electron chi connectivity index (χ1n) is 4.46. The van der Waals surface area contributed by atoms with Crippen molar-refractivity contribution in [2.45, 2.75) is 12.6 Å². The van der Waals surface area contributed by atoms with Crippen LogP contribution in [0.15, 0.2) is 18.2 Å². The van der Waals surface area contributed by atoms with Gasteiger partial charge in [-0.2, -0.15) is 13.2 Å². The highest BCUT2D eigenvalue weighted by Crippen LogP contribution is 2.33. The van der Waals surface area contributed by atoms with Gasteiger partial charge in [-0.3, -0.25) is 0 Å². The molecule has 86 valence electrons. The number of halogens is 4. The summed E-state index contributed by atoms with van der Waals surface area (Å²) >= 11 is 5.39. The molecule has 1 nitrogen and oxygen atoms in total. The first-order valence-corrected chi connectivity index (χ1v) is 5.00. The van der Waals surface area contributed by atoms with E-state index in [-0.39, 0.29) is 11.3 Å². The number of nitrogens with two attached hydrogens (primary N) is 1. The lowest BCUT2D eigenvalue weighted by atomic mass is 10.1. The van der Waals surface area contributed by atoms with Crippen LogP contribution in [0.3, 0.4) is 0 Å². The van der Waals surface area contributed by atoms with Crippen LogP contribution >= 0.6 is 11.6 Å². The molecule has 16 heavy (non-hydrogen) atoms. The summed E-state index contributed by atoms with van der Waals surface area (Å²) in [5.41, 5.74) is 4.37. The van der Waals surface area contributed by atoms with Crippen molar-refractivity contribution >= 4 is 17.3 Å². The van der Waals surface area contributed by atoms with E-state index >= 15 is 0 Å². The molecule has 0 aromatic heterocycles. The Morgan fingerprint density at radius 1 is 1.31 bits per heavy atom. The smallest absolute Gasteiger partial charge is 0.398 e. The van der Waals surface area contributed by atoms with Crippen LogP contribution in [0.2, 0.25) is 0 Å². The van der Waals surface area contributed by atoms with Crippen LogP contribution in [0.4, 0.5) is 18.9 Å². The Bertz CT molecular complexity index is 429. The summed E-state index contributed by atoms with van der Waals surface area (Å²) in [7, 11) is 0. The third-order valence-electron chi connectivity index (χ3n) is 1.81. The number of alkyl halides is 4. The predicted molar refractivity (Wildman–Crippen MR) is 58.1 cm³/mol. The molecule has 0 aliphatic carbocycles. The standard InChI is InChI=1S/C11H9ClF3N/c12-6-2-1-3-8-4-5-10(16)9(7-8)11(13,14)15/h4-5,7H,2,6,16H2. The minimum atomic E-state index is -4.45. The number of hydrogen-bond donors (Lipinski definition) is 1. The molecule has 5 heteroatoms. The highest BCUT2D eigenvalue weighted by molar-refractivity contribution is 6.18. The van der Waals surface area contributed by atoms with Gasteiger partial charge >= 0.3 is 6.18 Å². The number of nitrogen functional groups attached to an aromatic ring is 1. The van der Waals surface area contributed by atoms with Crippen molar-refractivity contribution in [3.05, 3.63) is 29.3 Å². The molecule has 0 saturated heterocycles. The van der Waals surface area contributed by atoms with Crippen molar-refractivity contribution in [2.75, 3.05) is 11.6 Å². The van der Waals surface area contributed by atoms with Gasteiger partial charge in [0.15, 0.2) is 0 Å². The summed E-state index contributed by atoms with van der Waals surface area (Å²) in [6, 6.07) is 3.59. The van der Waals surface area contributed by atoms with E-state index in [1.807, 2.05) is 0 Å². The van der Waals surface area contributed by atoms with Crippen LogP contribution in [0.1, 0.15) is 17.5 Å². The van der Waals surface area contributed by atoms with Crippen molar-refractivity contribution in [1.82, 2.24) is 0 Å². The number of hydrogen-bond acceptors (Lipinski definition) is 1. The molecule has 0 atom stereocenters. The SMILES string of the molecule is Nc1ccc(C#CCCCl)cc1C(F)(F)F. The molecule has 0 unspecified atom stereocenters. The third kappa shape index (κ3) is 3.35. The minimum Gasteiger partial charge on any atom is -0.398 e. The van der Waals surface area contributed by atoms with Gasteiger partial charge in [-0.05, 0) is 18.2 Å². The Labute approximate surface area is 96.4 Å². The molecule has 0 bridgehead atoms. The molecule has 0 radical (unpaired) electrons. The third-order valence-corrected chi connectivity index (χ3v) is 2.00. The van der Waals surface area contributed by atoms with Gasteiger partial charge in [0.2, 0.25) is 0 Å². The van der Waals surface area contributed by atoms with Gasteiger partial charge in [-0.15, -0.1) is 11.6 Å². The normalized spacial score (nSPS) is 10.8. The van der Waals surface area contributed by atoms with E-state index in [4.69, 9.17) is 17.3 Å². The molecule has 1 aromatic carbocycles. The average Bonchev–Trinajstić information content (AvgIpc) is 2.19. The first-order chi connectivity index (χ1) is 7.45. The molecule has 0 aliphatic rings. The van der Waals surface area contributed by atoms with E-state index in [1.54, 1.807) is 0 Å². The Balaban J connectivity index is 3.05. The monoisotopic (exact) mass is 247 g/mol. The van der Waals surface area contributed by atoms with Crippen LogP contribution in [-0.4, -0.2) is 5.88 Å². The first kappa shape index (κ1) is 12.7. The lowest BCUT2D eigenvalue weighted by Gasteiger charge is -2.09. The number of rotatable bonds is 1. The highest BCUT2D eigenvalue weighted by Gasteiger charge is 2.32. The largest absolute Gasteiger partial charge is 0.418 e. The van der Waals surface area contributed by atoms with E-state index in [1.165, 1.54) is 12.1 Å². The zero-order valence-corrected chi connectivity index (χ0v) is 8.99. The Hall–Kier alpha value is -1.34. The summed E-state index contributed by atoms with van der Waals surface area (Å²) in [6.07, 6.45) is -4.01. The quantitative estimate of drug-likeness (QED) is 0.460. The van der Waals surface area contributed by atoms with Gasteiger partial charge in [0.05, 0.1) is 5.56 Å². The van der Waals surface area contributed by atoms with Crippen molar-refractivity contribution in [3.63, 3.8) is 0 Å². The summed E-state index contributed by atoms with van der Waals surface area (Å²) in [6.45, 7) is 0. The molecule has 0 spiro atoms. The van der Waals surface area contributed by atoms with Crippen LogP contribution < -0.4 is 5.73 Å². The van der Waals surface area contributed by atoms with E-state index in [0.717, 1.165) is 6.07 Å². The average molecular weight is 248 g/mol. The van der Waals surface area contributed by atoms with Crippen LogP contribution in [0.25, 0.3) is 0 Å². The Kier molecular flexibility index (Phi) is 4.08. The summed E-state index contributed by atoms with van der Waals surface area (Å²) in [4.78, 5) is 0. The second-order valence-corrected chi connectivity index (χ2v) is 3.42. The topological polar surface area (TPSA) is 26.0 Å². The Morgan fingerprint density at radius 2 is 2.00 bits per heavy atom. The Morgan fingerprint density at radius 3 is 2.56 bits per heavy atom. The van der Waals surface area contributed by atoms with Gasteiger partial charge in [0, 0.05) is 23.6 Å². The summed E-state index contributed by atoms with van der Waals surface area (Å²) < 4.78 is 37.4. The summed E-state index contributed by atoms with van der Waals surface area (Å²) in [5, 5.41) is 0. The summed E-state index contributed by atoms with van der Waals surface area (Å²) in [5.74, 6) is 5.61. The number of anilines is 1. The molecule has 0 saturated carbocycles. The van der Waals surface area contributed by atoms with Crippen LogP contribution in [0.5, 0.6) is 0 Å². The van der Waals surface area contributed by atoms with Crippen molar-refractivity contribution in [1.29, 1.82) is 0 Å². The molecular weight excluding hydrogens is 239 g/mol. The van der Waals surface area contributed by atoms with Crippen LogP contribution in [0, 0.1) is 11.8 Å². The second kappa shape index (κ2) is 5.13. The molecule has 0 heterocycles. The lowest BCUT2D eigenvalue weighted by Crippen LogP contribution is -2.09. The molecule has 0 fully saturated rings. The van der Waals surface area contributed by atoms with Crippen molar-refractivity contribution in [3.8, 4) is 11.8 Å². The van der Waals surface area contributed by atoms with Gasteiger partial charge in [0.25, 0.3) is 0 Å². The van der Waals surface area contributed by atoms with Gasteiger partial charge in [-0.1, -0.05) is 11.8 Å². The van der Waals surface area contributed by atoms with Crippen molar-refractivity contribution < 1.29 is 13.2 Å². The number of benzene rings is 1. The predicted octanol–water partition coefficient (Wildman–Crippen LogP) is 3.27. The maximum absolute atomic E-state index is 12.5. The van der Waals surface area contributed by atoms with E-state index in [2.05, 4.69) is 11.8 Å². The molecule has 0 amide bonds. The van der Waals surface area contributed by atoms with Gasteiger partial charge in [0.1, 0.15) is 0 Å². The molecule has 1 aromatic rings. The molecule has 0 aliphatic heterocycles. The maximum Gasteiger partial charge on any atom is 0.418 e. The fraction of sp³-hybridized carbons (Fsp3) is 0.273. The lowest BCUT2D eigenvalue weighted by molar-refractivity contribution is -0.136. The zero-order chi connectivity index (χ0) is 12.2. The maximum atomic E-state index is 12.5.